The van der Waals surface area contributed by atoms with Crippen molar-refractivity contribution in [2.45, 2.75) is 12.7 Å². The van der Waals surface area contributed by atoms with Crippen LogP contribution in [0.4, 0.5) is 19.0 Å². The topological polar surface area (TPSA) is 55.1 Å². The average Bonchev–Trinajstić information content (AvgIpc) is 3.07. The molecule has 142 valence electrons. The lowest BCUT2D eigenvalue weighted by Crippen LogP contribution is -2.07. The number of hydrogen-bond acceptors (Lipinski definition) is 4. The van der Waals surface area contributed by atoms with Gasteiger partial charge in [0.15, 0.2) is 5.65 Å². The summed E-state index contributed by atoms with van der Waals surface area (Å²) in [5.41, 5.74) is 1.52. The highest BCUT2D eigenvalue weighted by Crippen LogP contribution is 2.33. The normalized spacial score (nSPS) is 11.7. The molecule has 3 aromatic heterocycles. The second kappa shape index (κ2) is 7.23. The Morgan fingerprint density at radius 1 is 1.07 bits per heavy atom. The molecule has 0 bridgehead atoms. The Hall–Kier alpha value is -2.94. The van der Waals surface area contributed by atoms with Gasteiger partial charge in [0.2, 0.25) is 0 Å². The zero-order valence-electron chi connectivity index (χ0n) is 14.3. The first kappa shape index (κ1) is 18.4. The predicted octanol–water partition coefficient (Wildman–Crippen LogP) is 5.18. The molecule has 1 aromatic carbocycles. The molecule has 3 heterocycles. The highest BCUT2D eigenvalue weighted by Gasteiger charge is 2.30. The molecule has 4 rings (SSSR count). The van der Waals surface area contributed by atoms with Gasteiger partial charge in [-0.25, -0.2) is 4.98 Å². The number of rotatable bonds is 4. The Kier molecular flexibility index (Phi) is 4.76. The first-order valence-corrected chi connectivity index (χ1v) is 9.06. The van der Waals surface area contributed by atoms with Gasteiger partial charge in [0.1, 0.15) is 5.82 Å². The Labute approximate surface area is 166 Å². The van der Waals surface area contributed by atoms with Crippen molar-refractivity contribution in [2.24, 2.45) is 0 Å². The summed E-state index contributed by atoms with van der Waals surface area (Å²) in [5, 5.41) is 7.52. The highest BCUT2D eigenvalue weighted by molar-refractivity contribution is 9.10. The van der Waals surface area contributed by atoms with Gasteiger partial charge in [0.05, 0.1) is 21.9 Å². The number of nitrogens with zero attached hydrogens (tertiary/aromatic N) is 4. The van der Waals surface area contributed by atoms with Crippen LogP contribution >= 0.6 is 15.9 Å². The molecule has 0 aliphatic rings. The van der Waals surface area contributed by atoms with E-state index in [4.69, 9.17) is 0 Å². The molecule has 9 heteroatoms. The lowest BCUT2D eigenvalue weighted by Gasteiger charge is -2.12. The molecule has 0 fully saturated rings. The van der Waals surface area contributed by atoms with E-state index in [1.807, 2.05) is 12.1 Å². The van der Waals surface area contributed by atoms with Crippen LogP contribution in [0.25, 0.3) is 16.9 Å². The van der Waals surface area contributed by atoms with Crippen molar-refractivity contribution in [3.63, 3.8) is 0 Å². The highest BCUT2D eigenvalue weighted by atomic mass is 79.9. The minimum atomic E-state index is -4.42. The third kappa shape index (κ3) is 3.70. The summed E-state index contributed by atoms with van der Waals surface area (Å²) in [4.78, 5) is 8.55. The molecule has 1 N–H and O–H groups in total. The number of benzene rings is 1. The Morgan fingerprint density at radius 3 is 2.68 bits per heavy atom. The van der Waals surface area contributed by atoms with Crippen molar-refractivity contribution < 1.29 is 13.2 Å². The Balaban J connectivity index is 1.76. The van der Waals surface area contributed by atoms with Crippen LogP contribution in [0, 0.1) is 0 Å². The van der Waals surface area contributed by atoms with Crippen LogP contribution in [-0.4, -0.2) is 19.6 Å². The molecule has 5 nitrogen and oxygen atoms in total. The maximum Gasteiger partial charge on any atom is 0.416 e. The maximum absolute atomic E-state index is 13.1. The number of pyridine rings is 1. The van der Waals surface area contributed by atoms with Crippen LogP contribution in [0.3, 0.4) is 0 Å². The number of nitrogens with one attached hydrogen (secondary N) is 1. The van der Waals surface area contributed by atoms with Gasteiger partial charge in [-0.1, -0.05) is 18.2 Å². The second-order valence-corrected chi connectivity index (χ2v) is 6.90. The number of anilines is 1. The maximum atomic E-state index is 13.1. The van der Waals surface area contributed by atoms with Crippen molar-refractivity contribution in [1.29, 1.82) is 0 Å². The summed E-state index contributed by atoms with van der Waals surface area (Å²) >= 11 is 3.39. The monoisotopic (exact) mass is 447 g/mol. The summed E-state index contributed by atoms with van der Waals surface area (Å²) in [6, 6.07) is 10.5. The number of alkyl halides is 3. The minimum Gasteiger partial charge on any atom is -0.366 e. The van der Waals surface area contributed by atoms with E-state index in [1.165, 1.54) is 6.07 Å². The van der Waals surface area contributed by atoms with Gasteiger partial charge >= 0.3 is 6.18 Å². The van der Waals surface area contributed by atoms with Gasteiger partial charge in [-0.05, 0) is 39.7 Å². The van der Waals surface area contributed by atoms with E-state index >= 15 is 0 Å². The molecule has 0 saturated heterocycles. The number of halogens is 4. The predicted molar refractivity (Wildman–Crippen MR) is 103 cm³/mol. The minimum absolute atomic E-state index is 0.370. The molecule has 0 saturated carbocycles. The van der Waals surface area contributed by atoms with Crippen molar-refractivity contribution in [3.8, 4) is 11.3 Å². The molecular formula is C19H13BrF3N5. The number of fused-ring (bicyclic) bond motifs is 1. The molecular weight excluding hydrogens is 435 g/mol. The van der Waals surface area contributed by atoms with Crippen LogP contribution in [0.5, 0.6) is 0 Å². The van der Waals surface area contributed by atoms with E-state index in [0.29, 0.717) is 33.7 Å². The molecule has 0 amide bonds. The van der Waals surface area contributed by atoms with Gasteiger partial charge in [-0.15, -0.1) is 0 Å². The SMILES string of the molecule is FC(F)(F)c1cccc(-c2cc(NCc3cccnc3)n3ncc(Br)c3n2)c1. The van der Waals surface area contributed by atoms with E-state index in [2.05, 4.69) is 36.3 Å². The molecule has 28 heavy (non-hydrogen) atoms. The Morgan fingerprint density at radius 2 is 1.93 bits per heavy atom. The number of aromatic nitrogens is 4. The van der Waals surface area contributed by atoms with Crippen LogP contribution in [0.15, 0.2) is 65.5 Å². The first-order chi connectivity index (χ1) is 13.4. The lowest BCUT2D eigenvalue weighted by molar-refractivity contribution is -0.137. The quantitative estimate of drug-likeness (QED) is 0.467. The molecule has 0 radical (unpaired) electrons. The lowest BCUT2D eigenvalue weighted by atomic mass is 10.1. The van der Waals surface area contributed by atoms with Gasteiger partial charge in [0.25, 0.3) is 0 Å². The fourth-order valence-corrected chi connectivity index (χ4v) is 3.11. The third-order valence-electron chi connectivity index (χ3n) is 4.11. The molecule has 0 aliphatic heterocycles. The van der Waals surface area contributed by atoms with E-state index in [1.54, 1.807) is 35.2 Å². The van der Waals surface area contributed by atoms with Gasteiger partial charge < -0.3 is 5.32 Å². The van der Waals surface area contributed by atoms with Gasteiger partial charge in [-0.2, -0.15) is 22.8 Å². The molecule has 4 aromatic rings. The van der Waals surface area contributed by atoms with Crippen LogP contribution in [-0.2, 0) is 12.7 Å². The van der Waals surface area contributed by atoms with E-state index in [0.717, 1.165) is 17.7 Å². The smallest absolute Gasteiger partial charge is 0.366 e. The molecule has 0 unspecified atom stereocenters. The van der Waals surface area contributed by atoms with Gasteiger partial charge in [0, 0.05) is 30.6 Å². The zero-order chi connectivity index (χ0) is 19.7. The fourth-order valence-electron chi connectivity index (χ4n) is 2.76. The molecule has 0 spiro atoms. The Bertz CT molecular complexity index is 1130. The van der Waals surface area contributed by atoms with Gasteiger partial charge in [-0.3, -0.25) is 4.98 Å². The average molecular weight is 448 g/mol. The van der Waals surface area contributed by atoms with Crippen molar-refractivity contribution in [2.75, 3.05) is 5.32 Å². The fraction of sp³-hybridized carbons (Fsp3) is 0.105. The van der Waals surface area contributed by atoms with Crippen LogP contribution in [0.2, 0.25) is 0 Å². The largest absolute Gasteiger partial charge is 0.416 e. The van der Waals surface area contributed by atoms with Crippen molar-refractivity contribution in [3.05, 3.63) is 76.7 Å². The summed E-state index contributed by atoms with van der Waals surface area (Å²) in [5.74, 6) is 0.604. The number of hydrogen-bond donors (Lipinski definition) is 1. The van der Waals surface area contributed by atoms with Crippen LogP contribution < -0.4 is 5.32 Å². The first-order valence-electron chi connectivity index (χ1n) is 8.26. The van der Waals surface area contributed by atoms with Crippen molar-refractivity contribution >= 4 is 27.4 Å². The second-order valence-electron chi connectivity index (χ2n) is 6.05. The van der Waals surface area contributed by atoms with Crippen LogP contribution in [0.1, 0.15) is 11.1 Å². The van der Waals surface area contributed by atoms with E-state index in [-0.39, 0.29) is 0 Å². The zero-order valence-corrected chi connectivity index (χ0v) is 15.9. The molecule has 0 atom stereocenters. The standard InChI is InChI=1S/C19H13BrF3N5/c20-15-11-26-28-17(25-10-12-3-2-6-24-9-12)8-16(27-18(15)28)13-4-1-5-14(7-13)19(21,22)23/h1-9,11,25H,10H2. The third-order valence-corrected chi connectivity index (χ3v) is 4.67. The van der Waals surface area contributed by atoms with Crippen molar-refractivity contribution in [1.82, 2.24) is 19.6 Å². The summed E-state index contributed by atoms with van der Waals surface area (Å²) in [6.07, 6.45) is 0.592. The van der Waals surface area contributed by atoms with E-state index < -0.39 is 11.7 Å². The summed E-state index contributed by atoms with van der Waals surface area (Å²) in [7, 11) is 0. The summed E-state index contributed by atoms with van der Waals surface area (Å²) < 4.78 is 41.5. The molecule has 0 aliphatic carbocycles. The summed E-state index contributed by atoms with van der Waals surface area (Å²) in [6.45, 7) is 0.479. The van der Waals surface area contributed by atoms with E-state index in [9.17, 15) is 13.2 Å².